The first-order chi connectivity index (χ1) is 7.59. The van der Waals surface area contributed by atoms with E-state index in [-0.39, 0.29) is 5.33 Å². The lowest BCUT2D eigenvalue weighted by molar-refractivity contribution is -0.162. The number of rotatable bonds is 1. The standard InChI is InChI=1S/C9H4BrClF6/c10-3-4-1-2-5(11)7(9(15,16)17)6(4)8(12,13)14/h1-2H,3H2. The Morgan fingerprint density at radius 2 is 1.41 bits per heavy atom. The van der Waals surface area contributed by atoms with E-state index >= 15 is 0 Å². The van der Waals surface area contributed by atoms with Crippen LogP contribution in [0, 0.1) is 0 Å². The Morgan fingerprint density at radius 1 is 0.941 bits per heavy atom. The summed E-state index contributed by atoms with van der Waals surface area (Å²) in [6.07, 6.45) is -10.3. The molecule has 0 atom stereocenters. The van der Waals surface area contributed by atoms with Gasteiger partial charge in [0, 0.05) is 5.33 Å². The second kappa shape index (κ2) is 4.68. The summed E-state index contributed by atoms with van der Waals surface area (Å²) >= 11 is 7.93. The quantitative estimate of drug-likeness (QED) is 0.482. The largest absolute Gasteiger partial charge is 0.418 e. The smallest absolute Gasteiger partial charge is 0.166 e. The van der Waals surface area contributed by atoms with Crippen LogP contribution in [0.5, 0.6) is 0 Å². The van der Waals surface area contributed by atoms with Gasteiger partial charge in [-0.05, 0) is 11.6 Å². The van der Waals surface area contributed by atoms with Crippen LogP contribution in [0.15, 0.2) is 12.1 Å². The minimum absolute atomic E-state index is 0.345. The van der Waals surface area contributed by atoms with E-state index in [2.05, 4.69) is 15.9 Å². The number of alkyl halides is 7. The van der Waals surface area contributed by atoms with Crippen molar-refractivity contribution in [2.45, 2.75) is 17.7 Å². The fourth-order valence-corrected chi connectivity index (χ4v) is 2.06. The number of benzene rings is 1. The molecule has 1 aromatic rings. The van der Waals surface area contributed by atoms with Crippen LogP contribution in [0.3, 0.4) is 0 Å². The summed E-state index contributed by atoms with van der Waals surface area (Å²) in [6.45, 7) is 0. The van der Waals surface area contributed by atoms with Crippen LogP contribution in [0.2, 0.25) is 5.02 Å². The third-order valence-electron chi connectivity index (χ3n) is 1.95. The second-order valence-electron chi connectivity index (χ2n) is 3.09. The zero-order chi connectivity index (χ0) is 13.4. The fourth-order valence-electron chi connectivity index (χ4n) is 1.33. The Hall–Kier alpha value is -0.430. The van der Waals surface area contributed by atoms with E-state index in [9.17, 15) is 26.3 Å². The summed E-state index contributed by atoms with van der Waals surface area (Å²) in [6, 6.07) is 1.71. The lowest BCUT2D eigenvalue weighted by atomic mass is 10.0. The van der Waals surface area contributed by atoms with Crippen LogP contribution in [0.1, 0.15) is 16.7 Å². The van der Waals surface area contributed by atoms with Crippen molar-refractivity contribution in [3.63, 3.8) is 0 Å². The molecule has 0 unspecified atom stereocenters. The van der Waals surface area contributed by atoms with Crippen molar-refractivity contribution in [2.24, 2.45) is 0 Å². The Kier molecular flexibility index (Phi) is 4.03. The Morgan fingerprint density at radius 3 is 1.76 bits per heavy atom. The average molecular weight is 341 g/mol. The highest BCUT2D eigenvalue weighted by atomic mass is 79.9. The maximum absolute atomic E-state index is 12.6. The van der Waals surface area contributed by atoms with Crippen molar-refractivity contribution in [2.75, 3.05) is 0 Å². The highest BCUT2D eigenvalue weighted by Gasteiger charge is 2.46. The molecule has 0 spiro atoms. The Balaban J connectivity index is 3.67. The fraction of sp³-hybridized carbons (Fsp3) is 0.333. The SMILES string of the molecule is FC(F)(F)c1c(Cl)ccc(CBr)c1C(F)(F)F. The molecule has 0 aliphatic heterocycles. The van der Waals surface area contributed by atoms with Gasteiger partial charge in [-0.2, -0.15) is 26.3 Å². The number of hydrogen-bond acceptors (Lipinski definition) is 0. The van der Waals surface area contributed by atoms with Gasteiger partial charge in [-0.25, -0.2) is 0 Å². The van der Waals surface area contributed by atoms with Gasteiger partial charge >= 0.3 is 12.4 Å². The lowest BCUT2D eigenvalue weighted by Gasteiger charge is -2.19. The summed E-state index contributed by atoms with van der Waals surface area (Å²) in [5, 5.41) is -1.31. The highest BCUT2D eigenvalue weighted by molar-refractivity contribution is 9.08. The Labute approximate surface area is 106 Å². The first-order valence-corrected chi connectivity index (χ1v) is 5.60. The molecule has 0 nitrogen and oxygen atoms in total. The summed E-state index contributed by atoms with van der Waals surface area (Å²) in [5.74, 6) is 0. The highest BCUT2D eigenvalue weighted by Crippen LogP contribution is 2.45. The predicted octanol–water partition coefficient (Wildman–Crippen LogP) is 5.27. The maximum atomic E-state index is 12.6. The van der Waals surface area contributed by atoms with Crippen molar-refractivity contribution < 1.29 is 26.3 Å². The maximum Gasteiger partial charge on any atom is 0.418 e. The Bertz CT molecular complexity index is 423. The van der Waals surface area contributed by atoms with E-state index in [1.165, 1.54) is 0 Å². The molecule has 0 heterocycles. The van der Waals surface area contributed by atoms with Gasteiger partial charge in [0.1, 0.15) is 0 Å². The van der Waals surface area contributed by atoms with Crippen LogP contribution >= 0.6 is 27.5 Å². The number of halogens is 8. The molecule has 1 rings (SSSR count). The van der Waals surface area contributed by atoms with Crippen LogP contribution in [-0.2, 0) is 17.7 Å². The molecular formula is C9H4BrClF6. The third-order valence-corrected chi connectivity index (χ3v) is 2.87. The van der Waals surface area contributed by atoms with E-state index in [1.54, 1.807) is 0 Å². The molecule has 0 radical (unpaired) electrons. The minimum atomic E-state index is -5.15. The molecule has 0 saturated heterocycles. The van der Waals surface area contributed by atoms with Gasteiger partial charge in [0.25, 0.3) is 0 Å². The number of hydrogen-bond donors (Lipinski definition) is 0. The first-order valence-electron chi connectivity index (χ1n) is 4.10. The van der Waals surface area contributed by atoms with Crippen molar-refractivity contribution in [1.29, 1.82) is 0 Å². The molecule has 0 aromatic heterocycles. The second-order valence-corrected chi connectivity index (χ2v) is 4.05. The lowest BCUT2D eigenvalue weighted by Crippen LogP contribution is -2.19. The minimum Gasteiger partial charge on any atom is -0.166 e. The first kappa shape index (κ1) is 14.6. The molecule has 0 bridgehead atoms. The van der Waals surface area contributed by atoms with E-state index in [1.807, 2.05) is 0 Å². The van der Waals surface area contributed by atoms with Crippen molar-refractivity contribution in [3.05, 3.63) is 33.8 Å². The average Bonchev–Trinajstić information content (AvgIpc) is 2.13. The molecule has 0 amide bonds. The molecule has 8 heteroatoms. The van der Waals surface area contributed by atoms with Crippen LogP contribution < -0.4 is 0 Å². The van der Waals surface area contributed by atoms with Gasteiger partial charge in [-0.3, -0.25) is 0 Å². The van der Waals surface area contributed by atoms with Crippen molar-refractivity contribution in [3.8, 4) is 0 Å². The van der Waals surface area contributed by atoms with Gasteiger partial charge in [-0.15, -0.1) is 0 Å². The van der Waals surface area contributed by atoms with Gasteiger partial charge in [0.05, 0.1) is 16.1 Å². The summed E-state index contributed by atoms with van der Waals surface area (Å²) in [7, 11) is 0. The zero-order valence-electron chi connectivity index (χ0n) is 7.89. The normalized spacial score (nSPS) is 12.9. The summed E-state index contributed by atoms with van der Waals surface area (Å²) in [4.78, 5) is 0. The van der Waals surface area contributed by atoms with Gasteiger partial charge in [-0.1, -0.05) is 33.6 Å². The third kappa shape index (κ3) is 3.07. The van der Waals surface area contributed by atoms with Gasteiger partial charge in [0.15, 0.2) is 0 Å². The molecule has 0 aliphatic rings. The summed E-state index contributed by atoms with van der Waals surface area (Å²) in [5.41, 5.74) is -4.09. The topological polar surface area (TPSA) is 0 Å². The van der Waals surface area contributed by atoms with E-state index < -0.39 is 34.1 Å². The van der Waals surface area contributed by atoms with Crippen LogP contribution in [-0.4, -0.2) is 0 Å². The molecule has 0 aliphatic carbocycles. The van der Waals surface area contributed by atoms with Gasteiger partial charge in [0.2, 0.25) is 0 Å². The molecule has 0 saturated carbocycles. The molecule has 1 aromatic carbocycles. The summed E-state index contributed by atoms with van der Waals surface area (Å²) < 4.78 is 75.5. The monoisotopic (exact) mass is 340 g/mol. The van der Waals surface area contributed by atoms with E-state index in [4.69, 9.17) is 11.6 Å². The molecule has 17 heavy (non-hydrogen) atoms. The van der Waals surface area contributed by atoms with Crippen LogP contribution in [0.4, 0.5) is 26.3 Å². The van der Waals surface area contributed by atoms with Crippen LogP contribution in [0.25, 0.3) is 0 Å². The molecule has 0 N–H and O–H groups in total. The zero-order valence-corrected chi connectivity index (χ0v) is 10.2. The van der Waals surface area contributed by atoms with E-state index in [0.29, 0.717) is 0 Å². The van der Waals surface area contributed by atoms with Crippen molar-refractivity contribution in [1.82, 2.24) is 0 Å². The van der Waals surface area contributed by atoms with Gasteiger partial charge < -0.3 is 0 Å². The molecular weight excluding hydrogens is 337 g/mol. The molecule has 0 fully saturated rings. The molecule has 96 valence electrons. The van der Waals surface area contributed by atoms with Crippen molar-refractivity contribution >= 4 is 27.5 Å². The predicted molar refractivity (Wildman–Crippen MR) is 54.1 cm³/mol. The van der Waals surface area contributed by atoms with E-state index in [0.717, 1.165) is 12.1 Å².